The van der Waals surface area contributed by atoms with Gasteiger partial charge in [0.05, 0.1) is 12.0 Å². The summed E-state index contributed by atoms with van der Waals surface area (Å²) in [4.78, 5) is 21.0. The van der Waals surface area contributed by atoms with Crippen molar-refractivity contribution in [1.82, 2.24) is 5.32 Å². The first-order chi connectivity index (χ1) is 13.3. The molecule has 2 aliphatic rings. The van der Waals surface area contributed by atoms with Crippen LogP contribution >= 0.6 is 0 Å². The largest absolute Gasteiger partial charge is 0.490 e. The van der Waals surface area contributed by atoms with Gasteiger partial charge in [-0.1, -0.05) is 0 Å². The van der Waals surface area contributed by atoms with Gasteiger partial charge < -0.3 is 20.5 Å². The molecule has 1 aliphatic carbocycles. The van der Waals surface area contributed by atoms with Crippen molar-refractivity contribution in [3.63, 3.8) is 0 Å². The van der Waals surface area contributed by atoms with Crippen LogP contribution in [0.4, 0.5) is 18.9 Å². The SMILES string of the molecule is O=C(Nc1ccc(OC2CCCC2)cc1)C1CCCNC1.O=C(O)C(F)(F)F. The number of benzene rings is 1. The Balaban J connectivity index is 0.000000345. The Kier molecular flexibility index (Phi) is 8.10. The molecular weight excluding hydrogens is 377 g/mol. The molecule has 1 aromatic rings. The highest BCUT2D eigenvalue weighted by Crippen LogP contribution is 2.25. The summed E-state index contributed by atoms with van der Waals surface area (Å²) in [7, 11) is 0. The van der Waals surface area contributed by atoms with E-state index in [1.807, 2.05) is 24.3 Å². The van der Waals surface area contributed by atoms with Crippen molar-refractivity contribution in [2.24, 2.45) is 5.92 Å². The molecule has 3 rings (SSSR count). The predicted molar refractivity (Wildman–Crippen MR) is 97.2 cm³/mol. The maximum absolute atomic E-state index is 12.1. The van der Waals surface area contributed by atoms with E-state index in [1.54, 1.807) is 0 Å². The Morgan fingerprint density at radius 1 is 1.07 bits per heavy atom. The van der Waals surface area contributed by atoms with E-state index < -0.39 is 12.1 Å². The Labute approximate surface area is 161 Å². The van der Waals surface area contributed by atoms with Gasteiger partial charge in [-0.05, 0) is 69.3 Å². The standard InChI is InChI=1S/C17H24N2O2.C2HF3O2/c20-17(13-4-3-11-18-12-13)19-14-7-9-16(10-8-14)21-15-5-1-2-6-15;3-2(4,5)1(6)7/h7-10,13,15,18H,1-6,11-12H2,(H,19,20);(H,6,7). The second-order valence-corrected chi connectivity index (χ2v) is 6.88. The molecule has 0 radical (unpaired) electrons. The number of carboxylic acids is 1. The summed E-state index contributed by atoms with van der Waals surface area (Å²) < 4.78 is 37.7. The lowest BCUT2D eigenvalue weighted by molar-refractivity contribution is -0.192. The fraction of sp³-hybridized carbons (Fsp3) is 0.579. The van der Waals surface area contributed by atoms with Gasteiger partial charge in [0.2, 0.25) is 5.91 Å². The smallest absolute Gasteiger partial charge is 0.490 e. The molecule has 1 atom stereocenters. The van der Waals surface area contributed by atoms with Gasteiger partial charge in [-0.3, -0.25) is 4.79 Å². The fourth-order valence-corrected chi connectivity index (χ4v) is 3.14. The minimum absolute atomic E-state index is 0.0909. The van der Waals surface area contributed by atoms with E-state index in [1.165, 1.54) is 12.8 Å². The van der Waals surface area contributed by atoms with Gasteiger partial charge in [0.15, 0.2) is 0 Å². The van der Waals surface area contributed by atoms with E-state index in [4.69, 9.17) is 14.6 Å². The van der Waals surface area contributed by atoms with Crippen LogP contribution in [0.25, 0.3) is 0 Å². The minimum atomic E-state index is -5.08. The first kappa shape index (κ1) is 22.0. The summed E-state index contributed by atoms with van der Waals surface area (Å²) >= 11 is 0. The summed E-state index contributed by atoms with van der Waals surface area (Å²) in [5.41, 5.74) is 0.851. The Bertz CT molecular complexity index is 638. The lowest BCUT2D eigenvalue weighted by Crippen LogP contribution is -2.37. The molecule has 28 heavy (non-hydrogen) atoms. The van der Waals surface area contributed by atoms with Crippen molar-refractivity contribution in [1.29, 1.82) is 0 Å². The highest BCUT2D eigenvalue weighted by molar-refractivity contribution is 5.92. The summed E-state index contributed by atoms with van der Waals surface area (Å²) in [5.74, 6) is -1.65. The Hall–Kier alpha value is -2.29. The summed E-state index contributed by atoms with van der Waals surface area (Å²) in [6, 6.07) is 7.76. The molecule has 1 unspecified atom stereocenters. The van der Waals surface area contributed by atoms with Crippen molar-refractivity contribution in [2.75, 3.05) is 18.4 Å². The number of rotatable bonds is 4. The van der Waals surface area contributed by atoms with Gasteiger partial charge in [0, 0.05) is 12.2 Å². The van der Waals surface area contributed by atoms with Crippen molar-refractivity contribution in [3.05, 3.63) is 24.3 Å². The van der Waals surface area contributed by atoms with Gasteiger partial charge in [-0.2, -0.15) is 13.2 Å². The van der Waals surface area contributed by atoms with E-state index in [0.717, 1.165) is 50.2 Å². The topological polar surface area (TPSA) is 87.7 Å². The molecule has 1 amide bonds. The average molecular weight is 402 g/mol. The summed E-state index contributed by atoms with van der Waals surface area (Å²) in [6.07, 6.45) is 2.20. The van der Waals surface area contributed by atoms with Gasteiger partial charge >= 0.3 is 12.1 Å². The molecular formula is C19H25F3N2O4. The van der Waals surface area contributed by atoms with Gasteiger partial charge in [-0.25, -0.2) is 4.79 Å². The Morgan fingerprint density at radius 2 is 1.68 bits per heavy atom. The van der Waals surface area contributed by atoms with Gasteiger partial charge in [-0.15, -0.1) is 0 Å². The molecule has 9 heteroatoms. The second-order valence-electron chi connectivity index (χ2n) is 6.88. The zero-order valence-corrected chi connectivity index (χ0v) is 15.4. The highest BCUT2D eigenvalue weighted by Gasteiger charge is 2.38. The van der Waals surface area contributed by atoms with Crippen molar-refractivity contribution < 1.29 is 32.6 Å². The van der Waals surface area contributed by atoms with Crippen LogP contribution in [0.2, 0.25) is 0 Å². The number of aliphatic carboxylic acids is 1. The molecule has 1 aliphatic heterocycles. The first-order valence-corrected chi connectivity index (χ1v) is 9.34. The van der Waals surface area contributed by atoms with Crippen LogP contribution in [0, 0.1) is 5.92 Å². The van der Waals surface area contributed by atoms with Crippen LogP contribution in [0.5, 0.6) is 5.75 Å². The van der Waals surface area contributed by atoms with Crippen molar-refractivity contribution in [3.8, 4) is 5.75 Å². The molecule has 0 bridgehead atoms. The molecule has 1 saturated heterocycles. The monoisotopic (exact) mass is 402 g/mol. The minimum Gasteiger partial charge on any atom is -0.490 e. The number of ether oxygens (including phenoxy) is 1. The molecule has 1 saturated carbocycles. The molecule has 0 spiro atoms. The Morgan fingerprint density at radius 3 is 2.18 bits per heavy atom. The number of amides is 1. The molecule has 2 fully saturated rings. The number of nitrogens with one attached hydrogen (secondary N) is 2. The van der Waals surface area contributed by atoms with Crippen molar-refractivity contribution >= 4 is 17.6 Å². The zero-order chi connectivity index (χ0) is 20.6. The fourth-order valence-electron chi connectivity index (χ4n) is 3.14. The maximum Gasteiger partial charge on any atom is 0.490 e. The molecule has 156 valence electrons. The quantitative estimate of drug-likeness (QED) is 0.717. The normalized spacial score (nSPS) is 20.0. The van der Waals surface area contributed by atoms with E-state index in [0.29, 0.717) is 6.10 Å². The average Bonchev–Trinajstić information content (AvgIpc) is 3.17. The second kappa shape index (κ2) is 10.3. The van der Waals surface area contributed by atoms with Crippen LogP contribution in [0.3, 0.4) is 0 Å². The number of anilines is 1. The number of piperidine rings is 1. The number of carbonyl (C=O) groups excluding carboxylic acids is 1. The number of carbonyl (C=O) groups is 2. The summed E-state index contributed by atoms with van der Waals surface area (Å²) in [5, 5.41) is 13.4. The van der Waals surface area contributed by atoms with Crippen LogP contribution in [-0.4, -0.2) is 42.4 Å². The zero-order valence-electron chi connectivity index (χ0n) is 15.4. The molecule has 6 nitrogen and oxygen atoms in total. The highest BCUT2D eigenvalue weighted by atomic mass is 19.4. The van der Waals surface area contributed by atoms with Crippen molar-refractivity contribution in [2.45, 2.75) is 50.8 Å². The number of hydrogen-bond acceptors (Lipinski definition) is 4. The predicted octanol–water partition coefficient (Wildman–Crippen LogP) is 3.58. The lowest BCUT2D eigenvalue weighted by Gasteiger charge is -2.22. The molecule has 1 heterocycles. The van der Waals surface area contributed by atoms with Crippen LogP contribution in [0.15, 0.2) is 24.3 Å². The number of hydrogen-bond donors (Lipinski definition) is 3. The van der Waals surface area contributed by atoms with Crippen LogP contribution in [-0.2, 0) is 9.59 Å². The van der Waals surface area contributed by atoms with E-state index in [-0.39, 0.29) is 11.8 Å². The number of carboxylic acid groups (broad SMARTS) is 1. The van der Waals surface area contributed by atoms with Crippen LogP contribution in [0.1, 0.15) is 38.5 Å². The van der Waals surface area contributed by atoms with Gasteiger partial charge in [0.1, 0.15) is 5.75 Å². The van der Waals surface area contributed by atoms with E-state index >= 15 is 0 Å². The number of alkyl halides is 3. The third-order valence-corrected chi connectivity index (χ3v) is 4.64. The molecule has 3 N–H and O–H groups in total. The van der Waals surface area contributed by atoms with E-state index in [2.05, 4.69) is 10.6 Å². The van der Waals surface area contributed by atoms with Gasteiger partial charge in [0.25, 0.3) is 0 Å². The van der Waals surface area contributed by atoms with E-state index in [9.17, 15) is 18.0 Å². The third kappa shape index (κ3) is 7.38. The molecule has 1 aromatic carbocycles. The summed E-state index contributed by atoms with van der Waals surface area (Å²) in [6.45, 7) is 1.81. The lowest BCUT2D eigenvalue weighted by atomic mass is 9.99. The maximum atomic E-state index is 12.1. The molecule has 0 aromatic heterocycles. The first-order valence-electron chi connectivity index (χ1n) is 9.34. The number of halogens is 3. The third-order valence-electron chi connectivity index (χ3n) is 4.64. The van der Waals surface area contributed by atoms with Crippen LogP contribution < -0.4 is 15.4 Å².